The molecule has 28 heavy (non-hydrogen) atoms. The molecule has 1 aromatic carbocycles. The number of carbonyl (C=O) groups is 2. The fourth-order valence-electron chi connectivity index (χ4n) is 2.79. The van der Waals surface area contributed by atoms with Crippen LogP contribution in [0.5, 0.6) is 11.5 Å². The average Bonchev–Trinajstić information content (AvgIpc) is 3.43. The minimum absolute atomic E-state index is 0.0424. The summed E-state index contributed by atoms with van der Waals surface area (Å²) in [4.78, 5) is 34.3. The number of rotatable bonds is 7. The summed E-state index contributed by atoms with van der Waals surface area (Å²) in [6.07, 6.45) is 3.90. The van der Waals surface area contributed by atoms with Crippen molar-refractivity contribution in [3.63, 3.8) is 0 Å². The molecular weight excluding hydrogens is 370 g/mol. The monoisotopic (exact) mass is 387 g/mol. The first-order valence-corrected chi connectivity index (χ1v) is 8.47. The third kappa shape index (κ3) is 4.20. The minimum atomic E-state index is -0.980. The second-order valence-corrected chi connectivity index (χ2v) is 6.60. The molecule has 0 unspecified atom stereocenters. The van der Waals surface area contributed by atoms with E-state index in [-0.39, 0.29) is 29.7 Å². The molecule has 1 N–H and O–H groups in total. The van der Waals surface area contributed by atoms with Gasteiger partial charge in [0.2, 0.25) is 6.79 Å². The molecule has 1 aliphatic heterocycles. The molecule has 1 heterocycles. The lowest BCUT2D eigenvalue weighted by Crippen LogP contribution is -2.48. The predicted molar refractivity (Wildman–Crippen MR) is 94.1 cm³/mol. The first kappa shape index (κ1) is 19.2. The zero-order chi connectivity index (χ0) is 20.3. The van der Waals surface area contributed by atoms with Crippen LogP contribution in [0.15, 0.2) is 18.2 Å². The van der Waals surface area contributed by atoms with Gasteiger partial charge in [-0.15, -0.1) is 0 Å². The van der Waals surface area contributed by atoms with Crippen LogP contribution in [0.1, 0.15) is 25.3 Å². The van der Waals surface area contributed by atoms with Crippen molar-refractivity contribution in [1.82, 2.24) is 5.32 Å². The smallest absolute Gasteiger partial charge is 0.331 e. The van der Waals surface area contributed by atoms with Gasteiger partial charge in [0.1, 0.15) is 5.54 Å². The maximum absolute atomic E-state index is 11.9. The van der Waals surface area contributed by atoms with Crippen LogP contribution in [-0.4, -0.2) is 35.7 Å². The molecule has 0 bridgehead atoms. The molecule has 10 nitrogen and oxygen atoms in total. The van der Waals surface area contributed by atoms with E-state index in [1.54, 1.807) is 6.92 Å². The standard InChI is InChI=1S/C18H17N3O7/c1-18(9-19,12-3-4-12)20-16(22)8-26-17(23)5-2-11-6-14-15(28-10-27-14)7-13(11)21(24)25/h2,5-7,12H,3-4,8,10H2,1H3,(H,20,22)/b5-2+/t18-/m0/s1. The Balaban J connectivity index is 1.59. The zero-order valence-corrected chi connectivity index (χ0v) is 15.0. The zero-order valence-electron chi connectivity index (χ0n) is 15.0. The van der Waals surface area contributed by atoms with Gasteiger partial charge in [-0.2, -0.15) is 5.26 Å². The van der Waals surface area contributed by atoms with Crippen LogP contribution in [0.3, 0.4) is 0 Å². The number of benzene rings is 1. The molecule has 1 aliphatic carbocycles. The van der Waals surface area contributed by atoms with Crippen LogP contribution in [0, 0.1) is 27.4 Å². The Morgan fingerprint density at radius 1 is 1.43 bits per heavy atom. The maximum Gasteiger partial charge on any atom is 0.331 e. The molecule has 0 aromatic heterocycles. The number of nitro groups is 1. The van der Waals surface area contributed by atoms with Gasteiger partial charge in [-0.25, -0.2) is 4.79 Å². The Morgan fingerprint density at radius 2 is 2.11 bits per heavy atom. The van der Waals surface area contributed by atoms with Crippen LogP contribution in [-0.2, 0) is 14.3 Å². The first-order chi connectivity index (χ1) is 13.3. The minimum Gasteiger partial charge on any atom is -0.454 e. The third-order valence-electron chi connectivity index (χ3n) is 4.49. The molecular formula is C18H17N3O7. The number of nitrogens with one attached hydrogen (secondary N) is 1. The summed E-state index contributed by atoms with van der Waals surface area (Å²) in [5.41, 5.74) is -1.12. The molecule has 1 amide bonds. The lowest BCUT2D eigenvalue weighted by atomic mass is 9.98. The summed E-state index contributed by atoms with van der Waals surface area (Å²) in [6, 6.07) is 4.66. The summed E-state index contributed by atoms with van der Waals surface area (Å²) >= 11 is 0. The van der Waals surface area contributed by atoms with Crippen molar-refractivity contribution in [1.29, 1.82) is 5.26 Å². The van der Waals surface area contributed by atoms with E-state index in [2.05, 4.69) is 11.4 Å². The molecule has 1 fully saturated rings. The van der Waals surface area contributed by atoms with Crippen molar-refractivity contribution in [2.75, 3.05) is 13.4 Å². The molecule has 146 valence electrons. The van der Waals surface area contributed by atoms with Crippen molar-refractivity contribution in [3.8, 4) is 17.6 Å². The van der Waals surface area contributed by atoms with Crippen molar-refractivity contribution in [2.45, 2.75) is 25.3 Å². The molecule has 1 aromatic rings. The van der Waals surface area contributed by atoms with E-state index in [0.717, 1.165) is 18.9 Å². The number of nitrogens with zero attached hydrogens (tertiary/aromatic N) is 2. The lowest BCUT2D eigenvalue weighted by Gasteiger charge is -2.22. The van der Waals surface area contributed by atoms with E-state index in [1.165, 1.54) is 18.2 Å². The van der Waals surface area contributed by atoms with Gasteiger partial charge in [-0.3, -0.25) is 14.9 Å². The van der Waals surface area contributed by atoms with E-state index in [0.29, 0.717) is 5.75 Å². The van der Waals surface area contributed by atoms with Gasteiger partial charge in [0.05, 0.1) is 22.6 Å². The molecule has 0 radical (unpaired) electrons. The van der Waals surface area contributed by atoms with E-state index in [9.17, 15) is 25.0 Å². The Labute approximate surface area is 159 Å². The quantitative estimate of drug-likeness (QED) is 0.322. The molecule has 0 spiro atoms. The van der Waals surface area contributed by atoms with E-state index in [1.807, 2.05) is 0 Å². The van der Waals surface area contributed by atoms with Gasteiger partial charge >= 0.3 is 5.97 Å². The number of ether oxygens (including phenoxy) is 3. The van der Waals surface area contributed by atoms with Gasteiger partial charge in [0.15, 0.2) is 18.1 Å². The fraction of sp³-hybridized carbons (Fsp3) is 0.389. The van der Waals surface area contributed by atoms with Crippen LogP contribution in [0.25, 0.3) is 6.08 Å². The van der Waals surface area contributed by atoms with Crippen molar-refractivity contribution >= 4 is 23.6 Å². The number of hydrogen-bond donors (Lipinski definition) is 1. The second kappa shape index (κ2) is 7.56. The van der Waals surface area contributed by atoms with E-state index in [4.69, 9.17) is 14.2 Å². The number of fused-ring (bicyclic) bond motifs is 1. The Kier molecular flexibility index (Phi) is 5.17. The molecule has 3 rings (SSSR count). The second-order valence-electron chi connectivity index (χ2n) is 6.60. The molecule has 10 heteroatoms. The summed E-state index contributed by atoms with van der Waals surface area (Å²) in [5.74, 6) is -0.768. The number of carbonyl (C=O) groups excluding carboxylic acids is 2. The van der Waals surface area contributed by atoms with Crippen LogP contribution < -0.4 is 14.8 Å². The molecule has 2 aliphatic rings. The third-order valence-corrected chi connectivity index (χ3v) is 4.49. The van der Waals surface area contributed by atoms with Crippen LogP contribution >= 0.6 is 0 Å². The van der Waals surface area contributed by atoms with Gasteiger partial charge in [0.25, 0.3) is 11.6 Å². The van der Waals surface area contributed by atoms with Gasteiger partial charge < -0.3 is 19.5 Å². The van der Waals surface area contributed by atoms with Crippen molar-refractivity contribution in [3.05, 3.63) is 33.9 Å². The van der Waals surface area contributed by atoms with Gasteiger partial charge in [0, 0.05) is 6.08 Å². The summed E-state index contributed by atoms with van der Waals surface area (Å²) in [6.45, 7) is 1.03. The molecule has 0 saturated heterocycles. The van der Waals surface area contributed by atoms with Crippen LogP contribution in [0.2, 0.25) is 0 Å². The number of nitro benzene ring substituents is 1. The lowest BCUT2D eigenvalue weighted by molar-refractivity contribution is -0.385. The highest BCUT2D eigenvalue weighted by Gasteiger charge is 2.43. The largest absolute Gasteiger partial charge is 0.454 e. The highest BCUT2D eigenvalue weighted by molar-refractivity contribution is 5.90. The van der Waals surface area contributed by atoms with Gasteiger partial charge in [-0.1, -0.05) is 0 Å². The summed E-state index contributed by atoms with van der Waals surface area (Å²) < 4.78 is 15.1. The SMILES string of the molecule is C[C@@](C#N)(NC(=O)COC(=O)/C=C/c1cc2c(cc1[N+](=O)[O-])OCO2)C1CC1. The summed E-state index contributed by atoms with van der Waals surface area (Å²) in [5, 5.41) is 23.0. The predicted octanol–water partition coefficient (Wildman–Crippen LogP) is 1.69. The highest BCUT2D eigenvalue weighted by Crippen LogP contribution is 2.39. The van der Waals surface area contributed by atoms with Crippen molar-refractivity contribution in [2.24, 2.45) is 5.92 Å². The molecule has 1 atom stereocenters. The van der Waals surface area contributed by atoms with E-state index < -0.39 is 28.9 Å². The fourth-order valence-corrected chi connectivity index (χ4v) is 2.79. The summed E-state index contributed by atoms with van der Waals surface area (Å²) in [7, 11) is 0. The average molecular weight is 387 g/mol. The Bertz CT molecular complexity index is 901. The Hall–Kier alpha value is -3.61. The maximum atomic E-state index is 11.9. The van der Waals surface area contributed by atoms with Crippen molar-refractivity contribution < 1.29 is 28.7 Å². The number of hydrogen-bond acceptors (Lipinski definition) is 8. The highest BCUT2D eigenvalue weighted by atomic mass is 16.7. The normalized spacial score (nSPS) is 16.9. The number of amides is 1. The van der Waals surface area contributed by atoms with E-state index >= 15 is 0 Å². The Morgan fingerprint density at radius 3 is 2.71 bits per heavy atom. The topological polar surface area (TPSA) is 141 Å². The van der Waals surface area contributed by atoms with Gasteiger partial charge in [-0.05, 0) is 37.8 Å². The number of nitriles is 1. The van der Waals surface area contributed by atoms with Crippen LogP contribution in [0.4, 0.5) is 5.69 Å². The number of esters is 1. The first-order valence-electron chi connectivity index (χ1n) is 8.47. The molecule has 1 saturated carbocycles.